The molecule has 102 valence electrons. The number of benzene rings is 1. The van der Waals surface area contributed by atoms with Crippen LogP contribution in [0.4, 0.5) is 5.69 Å². The van der Waals surface area contributed by atoms with Crippen molar-refractivity contribution in [2.75, 3.05) is 12.0 Å². The second-order valence-corrected chi connectivity index (χ2v) is 3.78. The number of para-hydroxylation sites is 1. The molecule has 0 atom stereocenters. The standard InChI is InChI=1S/C14H14N4O2/c1-3-8-16-14(20)13(9-15)18-17-12-7-5-4-6-11(12)10(2)19/h3-7,17H,1,8H2,2H3,(H,16,20)/b18-13+. The van der Waals surface area contributed by atoms with Gasteiger partial charge >= 0.3 is 0 Å². The summed E-state index contributed by atoms with van der Waals surface area (Å²) in [7, 11) is 0. The lowest BCUT2D eigenvalue weighted by Crippen LogP contribution is -2.30. The normalized spacial score (nSPS) is 10.3. The van der Waals surface area contributed by atoms with E-state index >= 15 is 0 Å². The topological polar surface area (TPSA) is 94.3 Å². The predicted molar refractivity (Wildman–Crippen MR) is 76.3 cm³/mol. The van der Waals surface area contributed by atoms with Crippen LogP contribution in [0, 0.1) is 11.3 Å². The van der Waals surface area contributed by atoms with Gasteiger partial charge in [0.25, 0.3) is 5.91 Å². The molecular formula is C14H14N4O2. The number of hydrogen-bond acceptors (Lipinski definition) is 5. The predicted octanol–water partition coefficient (Wildman–Crippen LogP) is 1.48. The van der Waals surface area contributed by atoms with E-state index < -0.39 is 5.91 Å². The molecule has 0 unspecified atom stereocenters. The highest BCUT2D eigenvalue weighted by atomic mass is 16.2. The quantitative estimate of drug-likeness (QED) is 0.354. The Bertz CT molecular complexity index is 599. The Kier molecular flexibility index (Phi) is 5.66. The maximum absolute atomic E-state index is 11.6. The summed E-state index contributed by atoms with van der Waals surface area (Å²) in [5, 5.41) is 15.0. The number of rotatable bonds is 6. The van der Waals surface area contributed by atoms with E-state index in [0.717, 1.165) is 0 Å². The number of amides is 1. The molecule has 0 aliphatic rings. The number of Topliss-reactive ketones (excluding diaryl/α,β-unsaturated/α-hetero) is 1. The van der Waals surface area contributed by atoms with Crippen LogP contribution >= 0.6 is 0 Å². The van der Waals surface area contributed by atoms with E-state index in [-0.39, 0.29) is 18.0 Å². The van der Waals surface area contributed by atoms with Gasteiger partial charge in [0.05, 0.1) is 5.69 Å². The highest BCUT2D eigenvalue weighted by Crippen LogP contribution is 2.15. The van der Waals surface area contributed by atoms with Crippen LogP contribution in [0.5, 0.6) is 0 Å². The molecule has 0 aliphatic heterocycles. The number of hydrazone groups is 1. The fraction of sp³-hybridized carbons (Fsp3) is 0.143. The van der Waals surface area contributed by atoms with Crippen LogP contribution in [0.25, 0.3) is 0 Å². The summed E-state index contributed by atoms with van der Waals surface area (Å²) in [5.41, 5.74) is 3.10. The SMILES string of the molecule is C=CCNC(=O)/C(C#N)=N/Nc1ccccc1C(C)=O. The minimum atomic E-state index is -0.611. The van der Waals surface area contributed by atoms with Gasteiger partial charge in [-0.25, -0.2) is 0 Å². The third-order valence-corrected chi connectivity index (χ3v) is 2.32. The second-order valence-electron chi connectivity index (χ2n) is 3.78. The molecule has 1 rings (SSSR count). The zero-order chi connectivity index (χ0) is 15.0. The van der Waals surface area contributed by atoms with Crippen LogP contribution in [-0.4, -0.2) is 23.9 Å². The van der Waals surface area contributed by atoms with Crippen molar-refractivity contribution in [2.45, 2.75) is 6.92 Å². The first-order chi connectivity index (χ1) is 9.60. The van der Waals surface area contributed by atoms with Crippen LogP contribution in [-0.2, 0) is 4.79 Å². The third kappa shape index (κ3) is 4.07. The molecular weight excluding hydrogens is 256 g/mol. The van der Waals surface area contributed by atoms with Crippen molar-refractivity contribution in [1.82, 2.24) is 5.32 Å². The molecule has 0 radical (unpaired) electrons. The molecule has 6 nitrogen and oxygen atoms in total. The molecule has 0 saturated carbocycles. The highest BCUT2D eigenvalue weighted by molar-refractivity contribution is 6.45. The smallest absolute Gasteiger partial charge is 0.282 e. The fourth-order valence-electron chi connectivity index (χ4n) is 1.38. The summed E-state index contributed by atoms with van der Waals surface area (Å²) in [6.07, 6.45) is 1.49. The van der Waals surface area contributed by atoms with E-state index in [0.29, 0.717) is 11.3 Å². The largest absolute Gasteiger partial charge is 0.347 e. The van der Waals surface area contributed by atoms with Gasteiger partial charge in [0.15, 0.2) is 5.78 Å². The lowest BCUT2D eigenvalue weighted by molar-refractivity contribution is -0.114. The zero-order valence-corrected chi connectivity index (χ0v) is 11.0. The van der Waals surface area contributed by atoms with Gasteiger partial charge in [-0.1, -0.05) is 18.2 Å². The van der Waals surface area contributed by atoms with Gasteiger partial charge in [-0.2, -0.15) is 10.4 Å². The van der Waals surface area contributed by atoms with Crippen LogP contribution < -0.4 is 10.7 Å². The molecule has 0 bridgehead atoms. The number of carbonyl (C=O) groups is 2. The van der Waals surface area contributed by atoms with E-state index in [2.05, 4.69) is 22.4 Å². The molecule has 0 saturated heterocycles. The van der Waals surface area contributed by atoms with Gasteiger partial charge in [0.2, 0.25) is 5.71 Å². The maximum atomic E-state index is 11.6. The third-order valence-electron chi connectivity index (χ3n) is 2.32. The maximum Gasteiger partial charge on any atom is 0.282 e. The van der Waals surface area contributed by atoms with Gasteiger partial charge in [0.1, 0.15) is 6.07 Å². The van der Waals surface area contributed by atoms with Gasteiger partial charge in [-0.3, -0.25) is 15.0 Å². The van der Waals surface area contributed by atoms with Crippen molar-refractivity contribution in [1.29, 1.82) is 5.26 Å². The summed E-state index contributed by atoms with van der Waals surface area (Å²) in [6, 6.07) is 8.38. The molecule has 1 aromatic carbocycles. The van der Waals surface area contributed by atoms with E-state index in [4.69, 9.17) is 5.26 Å². The van der Waals surface area contributed by atoms with Crippen LogP contribution in [0.1, 0.15) is 17.3 Å². The van der Waals surface area contributed by atoms with Crippen molar-refractivity contribution in [2.24, 2.45) is 5.10 Å². The molecule has 1 amide bonds. The fourth-order valence-corrected chi connectivity index (χ4v) is 1.38. The number of hydrogen-bond donors (Lipinski definition) is 2. The Labute approximate surface area is 116 Å². The van der Waals surface area contributed by atoms with Crippen molar-refractivity contribution in [3.05, 3.63) is 42.5 Å². The molecule has 0 heterocycles. The highest BCUT2D eigenvalue weighted by Gasteiger charge is 2.10. The molecule has 0 aliphatic carbocycles. The van der Waals surface area contributed by atoms with Crippen molar-refractivity contribution >= 4 is 23.1 Å². The van der Waals surface area contributed by atoms with Gasteiger partial charge < -0.3 is 5.32 Å². The molecule has 2 N–H and O–H groups in total. The average molecular weight is 270 g/mol. The molecule has 6 heteroatoms. The van der Waals surface area contributed by atoms with Crippen LogP contribution in [0.3, 0.4) is 0 Å². The molecule has 0 fully saturated rings. The van der Waals surface area contributed by atoms with Gasteiger partial charge in [-0.15, -0.1) is 6.58 Å². The van der Waals surface area contributed by atoms with Crippen molar-refractivity contribution < 1.29 is 9.59 Å². The summed E-state index contributed by atoms with van der Waals surface area (Å²) >= 11 is 0. The Morgan fingerprint density at radius 3 is 2.75 bits per heavy atom. The molecule has 0 spiro atoms. The number of nitrogens with one attached hydrogen (secondary N) is 2. The number of nitrogens with zero attached hydrogens (tertiary/aromatic N) is 2. The average Bonchev–Trinajstić information content (AvgIpc) is 2.45. The summed E-state index contributed by atoms with van der Waals surface area (Å²) < 4.78 is 0. The first kappa shape index (κ1) is 15.1. The van der Waals surface area contributed by atoms with E-state index in [1.807, 2.05) is 0 Å². The molecule has 0 aromatic heterocycles. The minimum absolute atomic E-state index is 0.141. The number of ketones is 1. The number of carbonyl (C=O) groups excluding carboxylic acids is 2. The molecule has 20 heavy (non-hydrogen) atoms. The van der Waals surface area contributed by atoms with Gasteiger partial charge in [0, 0.05) is 12.1 Å². The monoisotopic (exact) mass is 270 g/mol. The Morgan fingerprint density at radius 1 is 1.45 bits per heavy atom. The summed E-state index contributed by atoms with van der Waals surface area (Å²) in [5.74, 6) is -0.752. The summed E-state index contributed by atoms with van der Waals surface area (Å²) in [6.45, 7) is 5.11. The lowest BCUT2D eigenvalue weighted by Gasteiger charge is -2.06. The number of anilines is 1. The van der Waals surface area contributed by atoms with E-state index in [1.165, 1.54) is 13.0 Å². The van der Waals surface area contributed by atoms with E-state index in [9.17, 15) is 9.59 Å². The first-order valence-electron chi connectivity index (χ1n) is 5.83. The second kappa shape index (κ2) is 7.48. The van der Waals surface area contributed by atoms with E-state index in [1.54, 1.807) is 30.3 Å². The van der Waals surface area contributed by atoms with Crippen molar-refractivity contribution in [3.8, 4) is 6.07 Å². The summed E-state index contributed by atoms with van der Waals surface area (Å²) in [4.78, 5) is 23.0. The van der Waals surface area contributed by atoms with Gasteiger partial charge in [-0.05, 0) is 19.1 Å². The Balaban J connectivity index is 2.90. The molecule has 1 aromatic rings. The van der Waals surface area contributed by atoms with Crippen LogP contribution in [0.15, 0.2) is 42.0 Å². The minimum Gasteiger partial charge on any atom is -0.347 e. The zero-order valence-electron chi connectivity index (χ0n) is 11.0. The lowest BCUT2D eigenvalue weighted by atomic mass is 10.1. The van der Waals surface area contributed by atoms with Crippen molar-refractivity contribution in [3.63, 3.8) is 0 Å². The Morgan fingerprint density at radius 2 is 2.15 bits per heavy atom. The Hall–Kier alpha value is -2.94. The number of nitriles is 1. The first-order valence-corrected chi connectivity index (χ1v) is 5.83. The van der Waals surface area contributed by atoms with Crippen LogP contribution in [0.2, 0.25) is 0 Å².